The van der Waals surface area contributed by atoms with Crippen LogP contribution in [0.4, 0.5) is 0 Å². The van der Waals surface area contributed by atoms with E-state index in [-0.39, 0.29) is 16.9 Å². The zero-order valence-electron chi connectivity index (χ0n) is 13.8. The lowest BCUT2D eigenvalue weighted by Gasteiger charge is -2.20. The van der Waals surface area contributed by atoms with E-state index < -0.39 is 15.6 Å². The first-order valence-electron chi connectivity index (χ1n) is 7.71. The van der Waals surface area contributed by atoms with Crippen molar-refractivity contribution in [1.29, 1.82) is 0 Å². The Morgan fingerprint density at radius 1 is 1.35 bits per heavy atom. The van der Waals surface area contributed by atoms with E-state index >= 15 is 0 Å². The standard InChI is InChI=1S/C16H24N2O4S/c1-16(2,3)18-23(20,21)14-8-4-6-12(10-14)15(19)17-11-13-7-5-9-22-13/h4,6,8,10,13,18H,5,7,9,11H2,1-3H3,(H,17,19). The van der Waals surface area contributed by atoms with E-state index in [9.17, 15) is 13.2 Å². The molecule has 1 saturated heterocycles. The summed E-state index contributed by atoms with van der Waals surface area (Å²) >= 11 is 0. The first kappa shape index (κ1) is 17.9. The van der Waals surface area contributed by atoms with Crippen LogP contribution >= 0.6 is 0 Å². The number of amides is 1. The van der Waals surface area contributed by atoms with E-state index in [0.29, 0.717) is 12.1 Å². The number of benzene rings is 1. The predicted octanol–water partition coefficient (Wildman–Crippen LogP) is 1.67. The minimum absolute atomic E-state index is 0.0495. The smallest absolute Gasteiger partial charge is 0.251 e. The van der Waals surface area contributed by atoms with Gasteiger partial charge < -0.3 is 10.1 Å². The number of ether oxygens (including phenoxy) is 1. The lowest BCUT2D eigenvalue weighted by Crippen LogP contribution is -2.40. The molecule has 2 N–H and O–H groups in total. The summed E-state index contributed by atoms with van der Waals surface area (Å²) in [7, 11) is -3.66. The quantitative estimate of drug-likeness (QED) is 0.854. The van der Waals surface area contributed by atoms with Crippen molar-refractivity contribution in [2.24, 2.45) is 0 Å². The van der Waals surface area contributed by atoms with Crippen molar-refractivity contribution in [2.75, 3.05) is 13.2 Å². The van der Waals surface area contributed by atoms with E-state index in [2.05, 4.69) is 10.0 Å². The summed E-state index contributed by atoms with van der Waals surface area (Å²) in [4.78, 5) is 12.3. The Kier molecular flexibility index (Phi) is 5.44. The van der Waals surface area contributed by atoms with Crippen LogP contribution in [-0.2, 0) is 14.8 Å². The topological polar surface area (TPSA) is 84.5 Å². The second-order valence-corrected chi connectivity index (χ2v) is 8.41. The van der Waals surface area contributed by atoms with E-state index in [1.165, 1.54) is 12.1 Å². The largest absolute Gasteiger partial charge is 0.376 e. The molecule has 1 amide bonds. The average molecular weight is 340 g/mol. The van der Waals surface area contributed by atoms with Gasteiger partial charge in [0.25, 0.3) is 5.91 Å². The number of rotatable bonds is 5. The Hall–Kier alpha value is -1.44. The minimum Gasteiger partial charge on any atom is -0.376 e. The highest BCUT2D eigenvalue weighted by molar-refractivity contribution is 7.89. The lowest BCUT2D eigenvalue weighted by molar-refractivity contribution is 0.0857. The molecule has 0 aromatic heterocycles. The Morgan fingerprint density at radius 2 is 2.09 bits per heavy atom. The predicted molar refractivity (Wildman–Crippen MR) is 87.8 cm³/mol. The number of hydrogen-bond donors (Lipinski definition) is 2. The van der Waals surface area contributed by atoms with Gasteiger partial charge in [-0.15, -0.1) is 0 Å². The molecule has 1 aliphatic rings. The highest BCUT2D eigenvalue weighted by Crippen LogP contribution is 2.15. The summed E-state index contributed by atoms with van der Waals surface area (Å²) in [5.41, 5.74) is -0.267. The van der Waals surface area contributed by atoms with Crippen LogP contribution in [-0.4, -0.2) is 39.1 Å². The molecular weight excluding hydrogens is 316 g/mol. The average Bonchev–Trinajstić information content (AvgIpc) is 2.95. The highest BCUT2D eigenvalue weighted by atomic mass is 32.2. The normalized spacial score (nSPS) is 18.8. The van der Waals surface area contributed by atoms with Gasteiger partial charge in [-0.1, -0.05) is 6.07 Å². The van der Waals surface area contributed by atoms with Crippen molar-refractivity contribution >= 4 is 15.9 Å². The molecule has 0 spiro atoms. The highest BCUT2D eigenvalue weighted by Gasteiger charge is 2.23. The molecule has 7 heteroatoms. The van der Waals surface area contributed by atoms with Gasteiger partial charge in [0.15, 0.2) is 0 Å². The van der Waals surface area contributed by atoms with E-state index in [0.717, 1.165) is 19.4 Å². The Morgan fingerprint density at radius 3 is 2.70 bits per heavy atom. The number of sulfonamides is 1. The van der Waals surface area contributed by atoms with Crippen LogP contribution < -0.4 is 10.0 Å². The fourth-order valence-corrected chi connectivity index (χ4v) is 3.84. The third kappa shape index (κ3) is 5.30. The van der Waals surface area contributed by atoms with Gasteiger partial charge in [-0.25, -0.2) is 13.1 Å². The van der Waals surface area contributed by atoms with Gasteiger partial charge in [-0.05, 0) is 51.8 Å². The molecule has 6 nitrogen and oxygen atoms in total. The van der Waals surface area contributed by atoms with Crippen molar-refractivity contribution in [3.63, 3.8) is 0 Å². The van der Waals surface area contributed by atoms with E-state index in [1.807, 2.05) is 0 Å². The van der Waals surface area contributed by atoms with Crippen molar-refractivity contribution < 1.29 is 17.9 Å². The number of carbonyl (C=O) groups is 1. The third-order valence-corrected chi connectivity index (χ3v) is 5.12. The molecule has 0 radical (unpaired) electrons. The number of nitrogens with one attached hydrogen (secondary N) is 2. The molecule has 2 rings (SSSR count). The maximum atomic E-state index is 12.3. The second-order valence-electron chi connectivity index (χ2n) is 6.73. The molecule has 1 heterocycles. The molecule has 0 bridgehead atoms. The Bertz CT molecular complexity index is 659. The van der Waals surface area contributed by atoms with Crippen LogP contribution in [0, 0.1) is 0 Å². The fraction of sp³-hybridized carbons (Fsp3) is 0.562. The molecule has 23 heavy (non-hydrogen) atoms. The first-order valence-corrected chi connectivity index (χ1v) is 9.19. The maximum absolute atomic E-state index is 12.3. The third-order valence-electron chi connectivity index (χ3n) is 3.36. The SMILES string of the molecule is CC(C)(C)NS(=O)(=O)c1cccc(C(=O)NCC2CCCO2)c1. The molecule has 0 saturated carbocycles. The molecule has 1 unspecified atom stereocenters. The molecule has 1 fully saturated rings. The van der Waals surface area contributed by atoms with Gasteiger partial charge in [0.1, 0.15) is 0 Å². The van der Waals surface area contributed by atoms with Gasteiger partial charge in [-0.3, -0.25) is 4.79 Å². The summed E-state index contributed by atoms with van der Waals surface area (Å²) in [5, 5.41) is 2.79. The van der Waals surface area contributed by atoms with Crippen molar-refractivity contribution in [2.45, 2.75) is 50.2 Å². The number of carbonyl (C=O) groups excluding carboxylic acids is 1. The maximum Gasteiger partial charge on any atom is 0.251 e. The molecule has 1 aromatic rings. The van der Waals surface area contributed by atoms with Crippen LogP contribution in [0.15, 0.2) is 29.2 Å². The van der Waals surface area contributed by atoms with Crippen LogP contribution in [0.25, 0.3) is 0 Å². The van der Waals surface area contributed by atoms with Crippen molar-refractivity contribution in [1.82, 2.24) is 10.0 Å². The fourth-order valence-electron chi connectivity index (χ4n) is 2.38. The van der Waals surface area contributed by atoms with Gasteiger partial charge in [0.2, 0.25) is 10.0 Å². The first-order chi connectivity index (χ1) is 10.7. The minimum atomic E-state index is -3.66. The monoisotopic (exact) mass is 340 g/mol. The summed E-state index contributed by atoms with van der Waals surface area (Å²) in [6.45, 7) is 6.47. The summed E-state index contributed by atoms with van der Waals surface area (Å²) in [5.74, 6) is -0.298. The molecule has 1 atom stereocenters. The van der Waals surface area contributed by atoms with Crippen molar-refractivity contribution in [3.05, 3.63) is 29.8 Å². The summed E-state index contributed by atoms with van der Waals surface area (Å²) < 4.78 is 32.7. The lowest BCUT2D eigenvalue weighted by atomic mass is 10.1. The zero-order chi connectivity index (χ0) is 17.1. The van der Waals surface area contributed by atoms with Crippen molar-refractivity contribution in [3.8, 4) is 0 Å². The molecular formula is C16H24N2O4S. The molecule has 128 valence electrons. The zero-order valence-corrected chi connectivity index (χ0v) is 14.6. The summed E-state index contributed by atoms with van der Waals surface area (Å²) in [6, 6.07) is 6.03. The van der Waals surface area contributed by atoms with E-state index in [4.69, 9.17) is 4.74 Å². The Balaban J connectivity index is 2.08. The number of hydrogen-bond acceptors (Lipinski definition) is 4. The second kappa shape index (κ2) is 6.98. The molecule has 1 aromatic carbocycles. The van der Waals surface area contributed by atoms with Gasteiger partial charge >= 0.3 is 0 Å². The van der Waals surface area contributed by atoms with E-state index in [1.54, 1.807) is 32.9 Å². The van der Waals surface area contributed by atoms with Crippen LogP contribution in [0.1, 0.15) is 44.0 Å². The Labute approximate surface area is 137 Å². The van der Waals surface area contributed by atoms with Gasteiger partial charge in [0, 0.05) is 24.3 Å². The summed E-state index contributed by atoms with van der Waals surface area (Å²) in [6.07, 6.45) is 1.99. The van der Waals surface area contributed by atoms with Crippen LogP contribution in [0.5, 0.6) is 0 Å². The van der Waals surface area contributed by atoms with Crippen LogP contribution in [0.3, 0.4) is 0 Å². The van der Waals surface area contributed by atoms with Gasteiger partial charge in [0.05, 0.1) is 11.0 Å². The molecule has 0 aliphatic carbocycles. The van der Waals surface area contributed by atoms with Crippen LogP contribution in [0.2, 0.25) is 0 Å². The molecule has 1 aliphatic heterocycles. The van der Waals surface area contributed by atoms with Gasteiger partial charge in [-0.2, -0.15) is 0 Å².